The normalized spacial score (nSPS) is 16.0. The zero-order chi connectivity index (χ0) is 25.2. The summed E-state index contributed by atoms with van der Waals surface area (Å²) in [5.74, 6) is -1.47. The van der Waals surface area contributed by atoms with Crippen molar-refractivity contribution in [1.82, 2.24) is 10.2 Å². The Balaban J connectivity index is 0.000000383. The average molecular weight is 489 g/mol. The van der Waals surface area contributed by atoms with Gasteiger partial charge in [-0.05, 0) is 50.3 Å². The van der Waals surface area contributed by atoms with Gasteiger partial charge in [0, 0.05) is 24.0 Å². The molecule has 1 aromatic carbocycles. The van der Waals surface area contributed by atoms with Gasteiger partial charge in [0.1, 0.15) is 5.82 Å². The second kappa shape index (κ2) is 12.7. The molecule has 0 atom stereocenters. The number of hydrogen-bond donors (Lipinski definition) is 2. The maximum Gasteiger partial charge on any atom is 0.449 e. The maximum atomic E-state index is 13.1. The number of nitrogens with zero attached hydrogens (tertiary/aromatic N) is 2. The third-order valence-corrected chi connectivity index (χ3v) is 4.38. The molecule has 6 nitrogen and oxygen atoms in total. The van der Waals surface area contributed by atoms with E-state index >= 15 is 0 Å². The molecule has 33 heavy (non-hydrogen) atoms. The lowest BCUT2D eigenvalue weighted by Gasteiger charge is -2.24. The van der Waals surface area contributed by atoms with E-state index in [2.05, 4.69) is 10.3 Å². The second-order valence-electron chi connectivity index (χ2n) is 6.41. The van der Waals surface area contributed by atoms with E-state index in [1.807, 2.05) is 0 Å². The van der Waals surface area contributed by atoms with Gasteiger partial charge in [-0.3, -0.25) is 14.7 Å². The first-order valence-electron chi connectivity index (χ1n) is 9.55. The largest absolute Gasteiger partial charge is 0.501 e. The van der Waals surface area contributed by atoms with Crippen molar-refractivity contribution in [2.45, 2.75) is 20.0 Å². The fraction of sp³-hybridized carbons (Fsp3) is 0.273. The standard InChI is InChI=1S/C14H18F3N3O.C8H7ClFNO/c1-4-5-11(8-18)20-12(7-6-10(2)21-3)9-19-13(20)14(15,16)17;1-11-8(12)6-3-2-5(9)4-7(6)10/h4-8H,9,18H2,1-3H3;2-4H,1H3,(H,11,12)/b5-4-,10-6+,11-8+,12-7+;. The molecule has 0 saturated carbocycles. The molecule has 0 aromatic heterocycles. The van der Waals surface area contributed by atoms with Crippen LogP contribution in [0, 0.1) is 5.82 Å². The molecular weight excluding hydrogens is 464 g/mol. The van der Waals surface area contributed by atoms with Gasteiger partial charge in [-0.15, -0.1) is 0 Å². The molecule has 0 saturated heterocycles. The van der Waals surface area contributed by atoms with E-state index in [4.69, 9.17) is 22.1 Å². The molecule has 0 spiro atoms. The van der Waals surface area contributed by atoms with Crippen LogP contribution in [0.5, 0.6) is 0 Å². The summed E-state index contributed by atoms with van der Waals surface area (Å²) in [5.41, 5.74) is 6.02. The third-order valence-electron chi connectivity index (χ3n) is 4.14. The molecular formula is C22H25ClF4N4O2. The Hall–Kier alpha value is -3.27. The Morgan fingerprint density at radius 1 is 1.36 bits per heavy atom. The number of allylic oxidation sites excluding steroid dienone is 5. The van der Waals surface area contributed by atoms with Crippen molar-refractivity contribution in [1.29, 1.82) is 0 Å². The van der Waals surface area contributed by atoms with Crippen molar-refractivity contribution in [3.63, 3.8) is 0 Å². The number of aliphatic imine (C=N–C) groups is 1. The molecule has 1 aliphatic heterocycles. The first kappa shape index (κ1) is 27.8. The lowest BCUT2D eigenvalue weighted by Crippen LogP contribution is -2.36. The molecule has 0 unspecified atom stereocenters. The van der Waals surface area contributed by atoms with Crippen LogP contribution in [0.3, 0.4) is 0 Å². The zero-order valence-corrected chi connectivity index (χ0v) is 19.3. The average Bonchev–Trinajstić information content (AvgIpc) is 3.20. The lowest BCUT2D eigenvalue weighted by atomic mass is 10.2. The number of carbonyl (C=O) groups excluding carboxylic acids is 1. The number of methoxy groups -OCH3 is 1. The van der Waals surface area contributed by atoms with E-state index in [1.54, 1.807) is 26.0 Å². The van der Waals surface area contributed by atoms with Crippen molar-refractivity contribution in [2.75, 3.05) is 20.7 Å². The van der Waals surface area contributed by atoms with Crippen LogP contribution in [0.15, 0.2) is 70.8 Å². The number of nitrogens with one attached hydrogen (secondary N) is 1. The van der Waals surface area contributed by atoms with Crippen LogP contribution >= 0.6 is 11.6 Å². The van der Waals surface area contributed by atoms with Crippen LogP contribution in [0.25, 0.3) is 0 Å². The second-order valence-corrected chi connectivity index (χ2v) is 6.84. The minimum absolute atomic E-state index is 0.00176. The smallest absolute Gasteiger partial charge is 0.449 e. The number of halogens is 5. The van der Waals surface area contributed by atoms with Gasteiger partial charge in [0.25, 0.3) is 5.91 Å². The summed E-state index contributed by atoms with van der Waals surface area (Å²) in [4.78, 5) is 15.5. The highest BCUT2D eigenvalue weighted by Gasteiger charge is 2.44. The number of carbonyl (C=O) groups is 1. The monoisotopic (exact) mass is 488 g/mol. The van der Waals surface area contributed by atoms with Gasteiger partial charge in [0.2, 0.25) is 5.84 Å². The Labute approximate surface area is 194 Å². The number of rotatable bonds is 5. The Bertz CT molecular complexity index is 999. The van der Waals surface area contributed by atoms with E-state index in [-0.39, 0.29) is 22.8 Å². The molecule has 3 N–H and O–H groups in total. The topological polar surface area (TPSA) is 79.9 Å². The van der Waals surface area contributed by atoms with Gasteiger partial charge in [-0.1, -0.05) is 17.7 Å². The highest BCUT2D eigenvalue weighted by atomic mass is 35.5. The van der Waals surface area contributed by atoms with Crippen LogP contribution in [-0.2, 0) is 4.74 Å². The number of amides is 1. The minimum atomic E-state index is -4.55. The number of nitrogens with two attached hydrogens (primary N) is 1. The minimum Gasteiger partial charge on any atom is -0.501 e. The predicted octanol–water partition coefficient (Wildman–Crippen LogP) is 4.91. The summed E-state index contributed by atoms with van der Waals surface area (Å²) < 4.78 is 57.1. The number of amidine groups is 1. The Morgan fingerprint density at radius 3 is 2.52 bits per heavy atom. The van der Waals surface area contributed by atoms with Crippen LogP contribution in [-0.4, -0.2) is 43.5 Å². The summed E-state index contributed by atoms with van der Waals surface area (Å²) in [7, 11) is 2.93. The molecule has 1 amide bonds. The number of alkyl halides is 3. The first-order valence-corrected chi connectivity index (χ1v) is 9.92. The van der Waals surface area contributed by atoms with Crippen LogP contribution < -0.4 is 11.1 Å². The van der Waals surface area contributed by atoms with Crippen LogP contribution in [0.2, 0.25) is 5.02 Å². The molecule has 0 radical (unpaired) electrons. The quantitative estimate of drug-likeness (QED) is 0.350. The molecule has 1 aliphatic rings. The van der Waals surface area contributed by atoms with Gasteiger partial charge in [0.15, 0.2) is 0 Å². The number of benzene rings is 1. The predicted molar refractivity (Wildman–Crippen MR) is 121 cm³/mol. The number of hydrogen-bond acceptors (Lipinski definition) is 5. The summed E-state index contributed by atoms with van der Waals surface area (Å²) in [5, 5.41) is 2.60. The van der Waals surface area contributed by atoms with Crippen molar-refractivity contribution >= 4 is 23.3 Å². The summed E-state index contributed by atoms with van der Waals surface area (Å²) in [6.45, 7) is 3.33. The van der Waals surface area contributed by atoms with Crippen molar-refractivity contribution in [2.24, 2.45) is 10.7 Å². The van der Waals surface area contributed by atoms with E-state index in [0.717, 1.165) is 17.2 Å². The molecule has 1 aromatic rings. The van der Waals surface area contributed by atoms with Crippen molar-refractivity contribution in [3.05, 3.63) is 82.3 Å². The van der Waals surface area contributed by atoms with Crippen LogP contribution in [0.1, 0.15) is 24.2 Å². The van der Waals surface area contributed by atoms with Crippen molar-refractivity contribution < 1.29 is 27.1 Å². The molecule has 0 aliphatic carbocycles. The lowest BCUT2D eigenvalue weighted by molar-refractivity contribution is -0.0652. The fourth-order valence-corrected chi connectivity index (χ4v) is 2.69. The Morgan fingerprint density at radius 2 is 2.03 bits per heavy atom. The molecule has 11 heteroatoms. The summed E-state index contributed by atoms with van der Waals surface area (Å²) >= 11 is 5.49. The van der Waals surface area contributed by atoms with Gasteiger partial charge in [-0.25, -0.2) is 4.39 Å². The van der Waals surface area contributed by atoms with Crippen molar-refractivity contribution in [3.8, 4) is 0 Å². The third kappa shape index (κ3) is 7.98. The highest BCUT2D eigenvalue weighted by Crippen LogP contribution is 2.31. The zero-order valence-electron chi connectivity index (χ0n) is 18.5. The van der Waals surface area contributed by atoms with Gasteiger partial charge >= 0.3 is 6.18 Å². The first-order chi connectivity index (χ1) is 15.5. The van der Waals surface area contributed by atoms with Gasteiger partial charge in [-0.2, -0.15) is 13.2 Å². The van der Waals surface area contributed by atoms with Gasteiger partial charge < -0.3 is 15.8 Å². The molecule has 0 fully saturated rings. The van der Waals surface area contributed by atoms with E-state index in [9.17, 15) is 22.4 Å². The molecule has 1 heterocycles. The fourth-order valence-electron chi connectivity index (χ4n) is 2.53. The van der Waals surface area contributed by atoms with E-state index < -0.39 is 23.7 Å². The number of ether oxygens (including phenoxy) is 1. The summed E-state index contributed by atoms with van der Waals surface area (Å²) in [6.07, 6.45) is 2.79. The molecule has 0 bridgehead atoms. The molecule has 2 rings (SSSR count). The summed E-state index contributed by atoms with van der Waals surface area (Å²) in [6, 6.07) is 3.91. The van der Waals surface area contributed by atoms with E-state index in [0.29, 0.717) is 11.5 Å². The SMILES string of the molecule is C/C=C\C(=C/N)N1C(C(F)(F)F)=NC/C1=C\C=C(/C)OC.CNC(=O)c1ccc(Cl)cc1F. The van der Waals surface area contributed by atoms with E-state index in [1.165, 1.54) is 38.4 Å². The van der Waals surface area contributed by atoms with Gasteiger partial charge in [0.05, 0.1) is 30.7 Å². The van der Waals surface area contributed by atoms with Crippen LogP contribution in [0.4, 0.5) is 17.6 Å². The molecule has 180 valence electrons. The Kier molecular flexibility index (Phi) is 10.7. The maximum absolute atomic E-state index is 13.1. The highest BCUT2D eigenvalue weighted by molar-refractivity contribution is 6.30.